The normalized spacial score (nSPS) is 18.7. The van der Waals surface area contributed by atoms with Crippen molar-refractivity contribution >= 4 is 17.9 Å². The number of anilines is 1. The summed E-state index contributed by atoms with van der Waals surface area (Å²) in [4.78, 5) is 28.1. The molecule has 2 aromatic rings. The Morgan fingerprint density at radius 2 is 1.65 bits per heavy atom. The first kappa shape index (κ1) is 21.5. The van der Waals surface area contributed by atoms with E-state index in [1.807, 2.05) is 36.4 Å². The van der Waals surface area contributed by atoms with Crippen LogP contribution in [0.5, 0.6) is 0 Å². The van der Waals surface area contributed by atoms with E-state index >= 15 is 0 Å². The molecule has 1 N–H and O–H groups in total. The van der Waals surface area contributed by atoms with Crippen LogP contribution < -0.4 is 10.2 Å². The average molecular weight is 424 g/mol. The number of likely N-dealkylation sites (tertiary alicyclic amines) is 1. The van der Waals surface area contributed by atoms with E-state index in [-0.39, 0.29) is 23.7 Å². The number of nitrogens with one attached hydrogen (secondary N) is 1. The Balaban J connectivity index is 1.20. The number of hydrogen-bond donors (Lipinski definition) is 1. The molecule has 6 heteroatoms. The highest BCUT2D eigenvalue weighted by molar-refractivity contribution is 5.79. The third-order valence-corrected chi connectivity index (χ3v) is 6.55. The maximum absolute atomic E-state index is 13.9. The van der Waals surface area contributed by atoms with Crippen molar-refractivity contribution in [2.75, 3.05) is 31.1 Å². The van der Waals surface area contributed by atoms with Gasteiger partial charge in [-0.25, -0.2) is 4.39 Å². The molecule has 164 valence electrons. The molecule has 2 fully saturated rings. The number of aldehydes is 1. The molecule has 2 aromatic carbocycles. The summed E-state index contributed by atoms with van der Waals surface area (Å²) >= 11 is 0. The van der Waals surface area contributed by atoms with Gasteiger partial charge in [0, 0.05) is 61.5 Å². The summed E-state index contributed by atoms with van der Waals surface area (Å²) in [6.07, 6.45) is 4.34. The maximum Gasteiger partial charge on any atom is 0.223 e. The zero-order valence-electron chi connectivity index (χ0n) is 17.8. The van der Waals surface area contributed by atoms with Crippen molar-refractivity contribution in [3.63, 3.8) is 0 Å². The highest BCUT2D eigenvalue weighted by Crippen LogP contribution is 2.24. The van der Waals surface area contributed by atoms with Gasteiger partial charge >= 0.3 is 0 Å². The van der Waals surface area contributed by atoms with E-state index in [9.17, 15) is 14.0 Å². The number of benzene rings is 2. The largest absolute Gasteiger partial charge is 0.371 e. The topological polar surface area (TPSA) is 52.7 Å². The van der Waals surface area contributed by atoms with Gasteiger partial charge < -0.3 is 10.2 Å². The number of carbonyl (C=O) groups excluding carboxylic acids is 2. The van der Waals surface area contributed by atoms with E-state index in [0.29, 0.717) is 12.1 Å². The van der Waals surface area contributed by atoms with Gasteiger partial charge in [-0.15, -0.1) is 0 Å². The highest BCUT2D eigenvalue weighted by Gasteiger charge is 2.28. The molecule has 31 heavy (non-hydrogen) atoms. The number of halogens is 1. The Bertz CT molecular complexity index is 886. The molecule has 0 radical (unpaired) electrons. The van der Waals surface area contributed by atoms with Gasteiger partial charge in [-0.3, -0.25) is 14.5 Å². The SMILES string of the molecule is O=Cc1ccc(N2CCC(C(=O)NC3CCN(Cc4ccccc4F)CC3)CC2)cc1. The predicted molar refractivity (Wildman–Crippen MR) is 120 cm³/mol. The number of amides is 1. The molecular weight excluding hydrogens is 393 g/mol. The first-order valence-electron chi connectivity index (χ1n) is 11.2. The second-order valence-electron chi connectivity index (χ2n) is 8.62. The fourth-order valence-corrected chi connectivity index (χ4v) is 4.59. The fourth-order valence-electron chi connectivity index (χ4n) is 4.59. The van der Waals surface area contributed by atoms with Crippen LogP contribution in [0.1, 0.15) is 41.6 Å². The molecule has 0 saturated carbocycles. The zero-order chi connectivity index (χ0) is 21.6. The molecule has 2 saturated heterocycles. The maximum atomic E-state index is 13.9. The Hall–Kier alpha value is -2.73. The Labute approximate surface area is 183 Å². The minimum absolute atomic E-state index is 0.0574. The zero-order valence-corrected chi connectivity index (χ0v) is 17.8. The second kappa shape index (κ2) is 10.1. The van der Waals surface area contributed by atoms with Gasteiger partial charge in [0.2, 0.25) is 5.91 Å². The highest BCUT2D eigenvalue weighted by atomic mass is 19.1. The van der Waals surface area contributed by atoms with E-state index in [0.717, 1.165) is 69.4 Å². The standard InChI is InChI=1S/C25H30FN3O2/c26-24-4-2-1-3-21(24)17-28-13-11-22(12-14-28)27-25(31)20-9-15-29(16-10-20)23-7-5-19(18-30)6-8-23/h1-8,18,20,22H,9-17H2,(H,27,31). The molecule has 2 aliphatic rings. The molecule has 4 rings (SSSR count). The lowest BCUT2D eigenvalue weighted by molar-refractivity contribution is -0.126. The van der Waals surface area contributed by atoms with Gasteiger partial charge in [-0.05, 0) is 56.0 Å². The Morgan fingerprint density at radius 1 is 0.968 bits per heavy atom. The number of carbonyl (C=O) groups is 2. The van der Waals surface area contributed by atoms with Gasteiger partial charge in [0.25, 0.3) is 0 Å². The van der Waals surface area contributed by atoms with Gasteiger partial charge in [-0.2, -0.15) is 0 Å². The summed E-state index contributed by atoms with van der Waals surface area (Å²) in [6, 6.07) is 14.8. The van der Waals surface area contributed by atoms with Crippen molar-refractivity contribution in [1.29, 1.82) is 0 Å². The first-order valence-corrected chi connectivity index (χ1v) is 11.2. The molecule has 0 aliphatic carbocycles. The summed E-state index contributed by atoms with van der Waals surface area (Å²) < 4.78 is 13.9. The van der Waals surface area contributed by atoms with Crippen LogP contribution in [0.3, 0.4) is 0 Å². The number of piperidine rings is 2. The predicted octanol–water partition coefficient (Wildman–Crippen LogP) is 3.64. The third kappa shape index (κ3) is 5.50. The number of rotatable bonds is 6. The van der Waals surface area contributed by atoms with Crippen molar-refractivity contribution in [1.82, 2.24) is 10.2 Å². The minimum Gasteiger partial charge on any atom is -0.371 e. The van der Waals surface area contributed by atoms with Crippen LogP contribution in [-0.4, -0.2) is 49.3 Å². The molecule has 0 spiro atoms. The molecule has 1 amide bonds. The Morgan fingerprint density at radius 3 is 2.29 bits per heavy atom. The van der Waals surface area contributed by atoms with Crippen molar-refractivity contribution in [3.05, 3.63) is 65.5 Å². The smallest absolute Gasteiger partial charge is 0.223 e. The van der Waals surface area contributed by atoms with Crippen LogP contribution >= 0.6 is 0 Å². The summed E-state index contributed by atoms with van der Waals surface area (Å²) in [7, 11) is 0. The summed E-state index contributed by atoms with van der Waals surface area (Å²) in [6.45, 7) is 4.06. The Kier molecular flexibility index (Phi) is 6.97. The van der Waals surface area contributed by atoms with E-state index in [4.69, 9.17) is 0 Å². The van der Waals surface area contributed by atoms with E-state index in [1.54, 1.807) is 6.07 Å². The molecule has 2 aliphatic heterocycles. The summed E-state index contributed by atoms with van der Waals surface area (Å²) in [5, 5.41) is 3.26. The fraction of sp³-hybridized carbons (Fsp3) is 0.440. The van der Waals surface area contributed by atoms with E-state index in [1.165, 1.54) is 6.07 Å². The first-order chi connectivity index (χ1) is 15.1. The van der Waals surface area contributed by atoms with Gasteiger partial charge in [0.1, 0.15) is 12.1 Å². The van der Waals surface area contributed by atoms with Crippen molar-refractivity contribution in [3.8, 4) is 0 Å². The molecule has 5 nitrogen and oxygen atoms in total. The van der Waals surface area contributed by atoms with Crippen molar-refractivity contribution < 1.29 is 14.0 Å². The molecule has 0 atom stereocenters. The van der Waals surface area contributed by atoms with Crippen LogP contribution in [0.2, 0.25) is 0 Å². The molecule has 0 bridgehead atoms. The lowest BCUT2D eigenvalue weighted by Crippen LogP contribution is -2.48. The monoisotopic (exact) mass is 423 g/mol. The van der Waals surface area contributed by atoms with Crippen molar-refractivity contribution in [2.24, 2.45) is 5.92 Å². The van der Waals surface area contributed by atoms with Crippen LogP contribution in [0.15, 0.2) is 48.5 Å². The summed E-state index contributed by atoms with van der Waals surface area (Å²) in [5.74, 6) is 0.0781. The minimum atomic E-state index is -0.149. The van der Waals surface area contributed by atoms with E-state index < -0.39 is 0 Å². The molecule has 2 heterocycles. The van der Waals surface area contributed by atoms with Crippen molar-refractivity contribution in [2.45, 2.75) is 38.3 Å². The van der Waals surface area contributed by atoms with E-state index in [2.05, 4.69) is 15.1 Å². The number of hydrogen-bond acceptors (Lipinski definition) is 4. The van der Waals surface area contributed by atoms with Crippen LogP contribution in [0.25, 0.3) is 0 Å². The molecule has 0 unspecified atom stereocenters. The van der Waals surface area contributed by atoms with Gasteiger partial charge in [0.15, 0.2) is 0 Å². The van der Waals surface area contributed by atoms with Gasteiger partial charge in [0.05, 0.1) is 0 Å². The summed E-state index contributed by atoms with van der Waals surface area (Å²) in [5.41, 5.74) is 2.52. The number of nitrogens with zero attached hydrogens (tertiary/aromatic N) is 2. The lowest BCUT2D eigenvalue weighted by atomic mass is 9.94. The molecule has 0 aromatic heterocycles. The third-order valence-electron chi connectivity index (χ3n) is 6.55. The second-order valence-corrected chi connectivity index (χ2v) is 8.62. The van der Waals surface area contributed by atoms with Crippen LogP contribution in [0, 0.1) is 11.7 Å². The lowest BCUT2D eigenvalue weighted by Gasteiger charge is -2.35. The van der Waals surface area contributed by atoms with Gasteiger partial charge in [-0.1, -0.05) is 18.2 Å². The molecular formula is C25H30FN3O2. The van der Waals surface area contributed by atoms with Crippen LogP contribution in [-0.2, 0) is 11.3 Å². The van der Waals surface area contributed by atoms with Crippen LogP contribution in [0.4, 0.5) is 10.1 Å². The average Bonchev–Trinajstić information content (AvgIpc) is 2.82. The quantitative estimate of drug-likeness (QED) is 0.721.